The molecule has 122 valence electrons. The Morgan fingerprint density at radius 1 is 0.773 bits per heavy atom. The molecule has 0 bridgehead atoms. The second kappa shape index (κ2) is 14.2. The summed E-state index contributed by atoms with van der Waals surface area (Å²) in [7, 11) is 0. The molecule has 0 aromatic heterocycles. The molecule has 0 amide bonds. The molecule has 0 radical (unpaired) electrons. The standard InChI is InChI=1S/C18H26O4/c1-2-19-11-6-13-21-16-17-22-14-7-12-20-15-10-18-8-4-3-5-9-18/h2-5,8-10,15H,1,6-7,11-14,16-17H2. The van der Waals surface area contributed by atoms with E-state index in [0.717, 1.165) is 18.4 Å². The first-order valence-electron chi connectivity index (χ1n) is 7.64. The third-order valence-corrected chi connectivity index (χ3v) is 2.75. The average molecular weight is 306 g/mol. The summed E-state index contributed by atoms with van der Waals surface area (Å²) in [6.45, 7) is 7.37. The monoisotopic (exact) mass is 306 g/mol. The van der Waals surface area contributed by atoms with Gasteiger partial charge in [-0.15, -0.1) is 0 Å². The van der Waals surface area contributed by atoms with Gasteiger partial charge in [0.05, 0.1) is 39.0 Å². The molecular formula is C18H26O4. The van der Waals surface area contributed by atoms with Crippen molar-refractivity contribution in [1.29, 1.82) is 0 Å². The minimum absolute atomic E-state index is 0.613. The van der Waals surface area contributed by atoms with Crippen LogP contribution in [0, 0.1) is 0 Å². The highest BCUT2D eigenvalue weighted by Crippen LogP contribution is 2.01. The molecule has 4 heteroatoms. The zero-order chi connectivity index (χ0) is 15.7. The van der Waals surface area contributed by atoms with Gasteiger partial charge in [-0.3, -0.25) is 0 Å². The minimum Gasteiger partial charge on any atom is -0.502 e. The van der Waals surface area contributed by atoms with Crippen LogP contribution in [-0.4, -0.2) is 39.6 Å². The lowest BCUT2D eigenvalue weighted by Crippen LogP contribution is -2.08. The van der Waals surface area contributed by atoms with Crippen LogP contribution >= 0.6 is 0 Å². The smallest absolute Gasteiger partial charge is 0.0895 e. The molecule has 1 aromatic carbocycles. The van der Waals surface area contributed by atoms with Gasteiger partial charge in [-0.1, -0.05) is 36.9 Å². The fourth-order valence-corrected chi connectivity index (χ4v) is 1.65. The van der Waals surface area contributed by atoms with Crippen molar-refractivity contribution in [2.24, 2.45) is 0 Å². The van der Waals surface area contributed by atoms with Crippen LogP contribution in [0.3, 0.4) is 0 Å². The first-order chi connectivity index (χ1) is 10.9. The predicted molar refractivity (Wildman–Crippen MR) is 88.4 cm³/mol. The number of ether oxygens (including phenoxy) is 4. The van der Waals surface area contributed by atoms with Gasteiger partial charge in [0, 0.05) is 26.1 Å². The summed E-state index contributed by atoms with van der Waals surface area (Å²) in [6, 6.07) is 10.1. The maximum absolute atomic E-state index is 5.45. The quantitative estimate of drug-likeness (QED) is 0.388. The number of rotatable bonds is 14. The van der Waals surface area contributed by atoms with Crippen LogP contribution in [-0.2, 0) is 18.9 Å². The normalized spacial score (nSPS) is 10.7. The first-order valence-corrected chi connectivity index (χ1v) is 7.64. The second-order valence-electron chi connectivity index (χ2n) is 4.55. The lowest BCUT2D eigenvalue weighted by atomic mass is 10.2. The van der Waals surface area contributed by atoms with Crippen LogP contribution in [0.4, 0.5) is 0 Å². The van der Waals surface area contributed by atoms with Gasteiger partial charge in [0.2, 0.25) is 0 Å². The molecule has 1 rings (SSSR count). The molecule has 4 nitrogen and oxygen atoms in total. The van der Waals surface area contributed by atoms with E-state index in [1.54, 1.807) is 6.26 Å². The Morgan fingerprint density at radius 3 is 2.05 bits per heavy atom. The fraction of sp³-hybridized carbons (Fsp3) is 0.444. The van der Waals surface area contributed by atoms with E-state index in [1.165, 1.54) is 6.26 Å². The van der Waals surface area contributed by atoms with Crippen molar-refractivity contribution >= 4 is 6.08 Å². The maximum atomic E-state index is 5.45. The van der Waals surface area contributed by atoms with Gasteiger partial charge in [0.25, 0.3) is 0 Å². The Morgan fingerprint density at radius 2 is 1.41 bits per heavy atom. The molecule has 0 aliphatic heterocycles. The van der Waals surface area contributed by atoms with E-state index in [0.29, 0.717) is 39.6 Å². The number of hydrogen-bond donors (Lipinski definition) is 0. The third kappa shape index (κ3) is 10.9. The van der Waals surface area contributed by atoms with Gasteiger partial charge < -0.3 is 18.9 Å². The van der Waals surface area contributed by atoms with E-state index in [-0.39, 0.29) is 0 Å². The zero-order valence-electron chi connectivity index (χ0n) is 13.1. The van der Waals surface area contributed by atoms with E-state index in [9.17, 15) is 0 Å². The first kappa shape index (κ1) is 18.3. The zero-order valence-corrected chi connectivity index (χ0v) is 13.1. The molecular weight excluding hydrogens is 280 g/mol. The molecule has 0 fully saturated rings. The lowest BCUT2D eigenvalue weighted by Gasteiger charge is -2.06. The highest BCUT2D eigenvalue weighted by molar-refractivity contribution is 5.47. The van der Waals surface area contributed by atoms with E-state index >= 15 is 0 Å². The van der Waals surface area contributed by atoms with Crippen LogP contribution in [0.1, 0.15) is 18.4 Å². The fourth-order valence-electron chi connectivity index (χ4n) is 1.65. The largest absolute Gasteiger partial charge is 0.502 e. The molecule has 0 aliphatic carbocycles. The summed E-state index contributed by atoms with van der Waals surface area (Å²) in [4.78, 5) is 0. The highest BCUT2D eigenvalue weighted by atomic mass is 16.5. The number of benzene rings is 1. The van der Waals surface area contributed by atoms with E-state index in [2.05, 4.69) is 6.58 Å². The molecule has 0 heterocycles. The third-order valence-electron chi connectivity index (χ3n) is 2.75. The van der Waals surface area contributed by atoms with Crippen molar-refractivity contribution in [1.82, 2.24) is 0 Å². The molecule has 0 N–H and O–H groups in total. The van der Waals surface area contributed by atoms with Crippen molar-refractivity contribution in [3.05, 3.63) is 55.0 Å². The lowest BCUT2D eigenvalue weighted by molar-refractivity contribution is 0.0367. The molecule has 0 atom stereocenters. The second-order valence-corrected chi connectivity index (χ2v) is 4.55. The van der Waals surface area contributed by atoms with Crippen LogP contribution < -0.4 is 0 Å². The van der Waals surface area contributed by atoms with Crippen LogP contribution in [0.5, 0.6) is 0 Å². The Hall–Kier alpha value is -1.78. The molecule has 0 aliphatic rings. The molecule has 22 heavy (non-hydrogen) atoms. The van der Waals surface area contributed by atoms with Crippen LogP contribution in [0.2, 0.25) is 0 Å². The summed E-state index contributed by atoms with van der Waals surface area (Å²) in [6.07, 6.45) is 6.86. The summed E-state index contributed by atoms with van der Waals surface area (Å²) in [5, 5.41) is 0. The molecule has 0 spiro atoms. The van der Waals surface area contributed by atoms with Gasteiger partial charge in [-0.25, -0.2) is 0 Å². The van der Waals surface area contributed by atoms with Crippen molar-refractivity contribution < 1.29 is 18.9 Å². The summed E-state index contributed by atoms with van der Waals surface area (Å²) in [5.41, 5.74) is 1.13. The Kier molecular flexibility index (Phi) is 11.8. The van der Waals surface area contributed by atoms with Crippen LogP contribution in [0.15, 0.2) is 49.4 Å². The van der Waals surface area contributed by atoms with Crippen molar-refractivity contribution in [3.8, 4) is 0 Å². The van der Waals surface area contributed by atoms with Gasteiger partial charge in [0.15, 0.2) is 0 Å². The van der Waals surface area contributed by atoms with Crippen molar-refractivity contribution in [2.75, 3.05) is 39.6 Å². The van der Waals surface area contributed by atoms with Gasteiger partial charge in [-0.05, 0) is 11.6 Å². The van der Waals surface area contributed by atoms with Crippen molar-refractivity contribution in [2.45, 2.75) is 12.8 Å². The Labute approximate surface area is 133 Å². The van der Waals surface area contributed by atoms with Crippen molar-refractivity contribution in [3.63, 3.8) is 0 Å². The van der Waals surface area contributed by atoms with Gasteiger partial charge in [-0.2, -0.15) is 0 Å². The van der Waals surface area contributed by atoms with Crippen LogP contribution in [0.25, 0.3) is 6.08 Å². The van der Waals surface area contributed by atoms with E-state index in [1.807, 2.05) is 36.4 Å². The summed E-state index contributed by atoms with van der Waals surface area (Å²) in [5.74, 6) is 0. The highest BCUT2D eigenvalue weighted by Gasteiger charge is 1.92. The summed E-state index contributed by atoms with van der Waals surface area (Å²) < 4.78 is 21.2. The Balaban J connectivity index is 1.80. The SMILES string of the molecule is C=COCCCOCCOCCCOC=Cc1ccccc1. The molecule has 0 unspecified atom stereocenters. The predicted octanol–water partition coefficient (Wildman–Crippen LogP) is 3.65. The average Bonchev–Trinajstić information content (AvgIpc) is 2.56. The summed E-state index contributed by atoms with van der Waals surface area (Å²) >= 11 is 0. The maximum Gasteiger partial charge on any atom is 0.0895 e. The van der Waals surface area contributed by atoms with Gasteiger partial charge in [0.1, 0.15) is 0 Å². The van der Waals surface area contributed by atoms with Gasteiger partial charge >= 0.3 is 0 Å². The minimum atomic E-state index is 0.613. The van der Waals surface area contributed by atoms with E-state index in [4.69, 9.17) is 18.9 Å². The topological polar surface area (TPSA) is 36.9 Å². The number of hydrogen-bond acceptors (Lipinski definition) is 4. The molecule has 0 saturated heterocycles. The molecule has 1 aromatic rings. The molecule has 0 saturated carbocycles. The van der Waals surface area contributed by atoms with E-state index < -0.39 is 0 Å². The Bertz CT molecular complexity index is 389.